The summed E-state index contributed by atoms with van der Waals surface area (Å²) >= 11 is 0. The van der Waals surface area contributed by atoms with Crippen molar-refractivity contribution in [1.29, 1.82) is 0 Å². The Morgan fingerprint density at radius 3 is 2.12 bits per heavy atom. The molecule has 1 unspecified atom stereocenters. The van der Waals surface area contributed by atoms with Crippen molar-refractivity contribution >= 4 is 23.2 Å². The summed E-state index contributed by atoms with van der Waals surface area (Å²) in [5, 5.41) is 5.87. The highest BCUT2D eigenvalue weighted by atomic mass is 16.2. The van der Waals surface area contributed by atoms with E-state index in [1.807, 2.05) is 45.9 Å². The highest BCUT2D eigenvalue weighted by molar-refractivity contribution is 5.96. The molecule has 0 radical (unpaired) electrons. The number of amides is 2. The fourth-order valence-corrected chi connectivity index (χ4v) is 1.94. The van der Waals surface area contributed by atoms with E-state index in [-0.39, 0.29) is 23.1 Å². The molecule has 24 heavy (non-hydrogen) atoms. The predicted molar refractivity (Wildman–Crippen MR) is 101 cm³/mol. The average Bonchev–Trinajstić information content (AvgIpc) is 2.40. The van der Waals surface area contributed by atoms with Crippen molar-refractivity contribution in [3.63, 3.8) is 0 Å². The molecule has 0 aliphatic heterocycles. The number of anilines is 2. The zero-order chi connectivity index (χ0) is 18.7. The number of rotatable bonds is 4. The Morgan fingerprint density at radius 1 is 1.04 bits per heavy atom. The molecule has 1 aromatic rings. The van der Waals surface area contributed by atoms with Gasteiger partial charge in [-0.2, -0.15) is 0 Å². The van der Waals surface area contributed by atoms with Crippen molar-refractivity contribution in [2.45, 2.75) is 61.8 Å². The lowest BCUT2D eigenvalue weighted by Crippen LogP contribution is -2.27. The first-order chi connectivity index (χ1) is 10.8. The van der Waals surface area contributed by atoms with E-state index in [2.05, 4.69) is 38.3 Å². The molecule has 0 aliphatic carbocycles. The molecular weight excluding hydrogens is 300 g/mol. The second-order valence-electron chi connectivity index (χ2n) is 8.75. The maximum atomic E-state index is 12.3. The van der Waals surface area contributed by atoms with Crippen LogP contribution in [0.1, 0.15) is 60.5 Å². The molecule has 134 valence electrons. The number of aryl methyl sites for hydroxylation is 1. The van der Waals surface area contributed by atoms with Crippen LogP contribution in [0, 0.1) is 23.7 Å². The number of benzene rings is 1. The molecular formula is C20H32N2O2. The Balaban J connectivity index is 2.84. The zero-order valence-electron chi connectivity index (χ0n) is 16.3. The highest BCUT2D eigenvalue weighted by Gasteiger charge is 2.23. The van der Waals surface area contributed by atoms with Crippen LogP contribution in [0.3, 0.4) is 0 Å². The number of nitrogens with one attached hydrogen (secondary N) is 2. The van der Waals surface area contributed by atoms with Gasteiger partial charge < -0.3 is 10.6 Å². The number of hydrogen-bond acceptors (Lipinski definition) is 2. The number of hydrogen-bond donors (Lipinski definition) is 2. The van der Waals surface area contributed by atoms with Crippen LogP contribution >= 0.6 is 0 Å². The minimum absolute atomic E-state index is 0.000164. The summed E-state index contributed by atoms with van der Waals surface area (Å²) in [6, 6.07) is 5.58. The van der Waals surface area contributed by atoms with Crippen LogP contribution in [-0.2, 0) is 9.59 Å². The van der Waals surface area contributed by atoms with Crippen LogP contribution in [0.15, 0.2) is 18.2 Å². The van der Waals surface area contributed by atoms with E-state index in [9.17, 15) is 9.59 Å². The number of carbonyl (C=O) groups is 2. The molecule has 0 aliphatic rings. The van der Waals surface area contributed by atoms with Gasteiger partial charge in [-0.1, -0.05) is 54.5 Å². The van der Waals surface area contributed by atoms with Gasteiger partial charge in [-0.15, -0.1) is 0 Å². The predicted octanol–water partition coefficient (Wildman–Crippen LogP) is 4.99. The minimum atomic E-state index is -0.462. The van der Waals surface area contributed by atoms with E-state index in [1.165, 1.54) is 0 Å². The van der Waals surface area contributed by atoms with E-state index >= 15 is 0 Å². The molecule has 2 amide bonds. The minimum Gasteiger partial charge on any atom is -0.326 e. The van der Waals surface area contributed by atoms with E-state index in [0.29, 0.717) is 12.1 Å². The van der Waals surface area contributed by atoms with Crippen LogP contribution in [0.4, 0.5) is 11.4 Å². The molecule has 4 nitrogen and oxygen atoms in total. The summed E-state index contributed by atoms with van der Waals surface area (Å²) in [5.41, 5.74) is 2.04. The fraction of sp³-hybridized carbons (Fsp3) is 0.600. The lowest BCUT2D eigenvalue weighted by Gasteiger charge is -2.26. The van der Waals surface area contributed by atoms with Gasteiger partial charge >= 0.3 is 0 Å². The van der Waals surface area contributed by atoms with E-state index < -0.39 is 5.41 Å². The third-order valence-corrected chi connectivity index (χ3v) is 4.42. The summed E-state index contributed by atoms with van der Waals surface area (Å²) < 4.78 is 0. The van der Waals surface area contributed by atoms with Crippen molar-refractivity contribution in [2.24, 2.45) is 16.7 Å². The molecule has 0 aromatic heterocycles. The molecule has 0 spiro atoms. The number of carbonyl (C=O) groups excluding carboxylic acids is 2. The second kappa shape index (κ2) is 7.37. The lowest BCUT2D eigenvalue weighted by molar-refractivity contribution is -0.123. The maximum absolute atomic E-state index is 12.3. The van der Waals surface area contributed by atoms with Crippen molar-refractivity contribution in [1.82, 2.24) is 0 Å². The van der Waals surface area contributed by atoms with Crippen molar-refractivity contribution < 1.29 is 9.59 Å². The Morgan fingerprint density at radius 2 is 1.62 bits per heavy atom. The van der Waals surface area contributed by atoms with Crippen LogP contribution in [0.2, 0.25) is 0 Å². The second-order valence-corrected chi connectivity index (χ2v) is 8.75. The first-order valence-corrected chi connectivity index (χ1v) is 8.52. The summed E-state index contributed by atoms with van der Waals surface area (Å²) in [5.74, 6) is 0.228. The summed E-state index contributed by atoms with van der Waals surface area (Å²) in [4.78, 5) is 24.4. The van der Waals surface area contributed by atoms with Crippen molar-refractivity contribution in [3.8, 4) is 0 Å². The van der Waals surface area contributed by atoms with Crippen LogP contribution in [-0.4, -0.2) is 11.8 Å². The maximum Gasteiger partial charge on any atom is 0.229 e. The topological polar surface area (TPSA) is 58.2 Å². The largest absolute Gasteiger partial charge is 0.326 e. The Bertz CT molecular complexity index is 607. The third-order valence-electron chi connectivity index (χ3n) is 4.42. The van der Waals surface area contributed by atoms with E-state index in [0.717, 1.165) is 11.3 Å². The molecule has 1 rings (SSSR count). The van der Waals surface area contributed by atoms with Crippen LogP contribution in [0.25, 0.3) is 0 Å². The molecule has 0 bridgehead atoms. The Kier molecular flexibility index (Phi) is 6.20. The SMILES string of the molecule is Cc1ccc(NC(=O)C(C)(C)C)cc1NC(=O)CC(C)C(C)(C)C. The van der Waals surface area contributed by atoms with Gasteiger partial charge in [0.05, 0.1) is 0 Å². The van der Waals surface area contributed by atoms with Crippen molar-refractivity contribution in [2.75, 3.05) is 10.6 Å². The zero-order valence-corrected chi connectivity index (χ0v) is 16.3. The van der Waals surface area contributed by atoms with E-state index in [1.54, 1.807) is 0 Å². The quantitative estimate of drug-likeness (QED) is 0.816. The van der Waals surface area contributed by atoms with Crippen molar-refractivity contribution in [3.05, 3.63) is 23.8 Å². The van der Waals surface area contributed by atoms with Crippen LogP contribution < -0.4 is 10.6 Å². The summed E-state index contributed by atoms with van der Waals surface area (Å²) in [7, 11) is 0. The van der Waals surface area contributed by atoms with Gasteiger partial charge in [0, 0.05) is 23.2 Å². The first-order valence-electron chi connectivity index (χ1n) is 8.52. The van der Waals surface area contributed by atoms with Crippen LogP contribution in [0.5, 0.6) is 0 Å². The molecule has 0 saturated carbocycles. The first kappa shape index (κ1) is 20.2. The van der Waals surface area contributed by atoms with Gasteiger partial charge in [-0.3, -0.25) is 9.59 Å². The summed E-state index contributed by atoms with van der Waals surface area (Å²) in [6.45, 7) is 16.1. The molecule has 1 atom stereocenters. The standard InChI is InChI=1S/C20H32N2O2/c1-13-9-10-15(21-18(24)20(6,7)8)12-16(13)22-17(23)11-14(2)19(3,4)5/h9-10,12,14H,11H2,1-8H3,(H,21,24)(H,22,23). The fourth-order valence-electron chi connectivity index (χ4n) is 1.94. The highest BCUT2D eigenvalue weighted by Crippen LogP contribution is 2.29. The van der Waals surface area contributed by atoms with Gasteiger partial charge in [0.1, 0.15) is 0 Å². The monoisotopic (exact) mass is 332 g/mol. The Labute approximate surface area is 146 Å². The lowest BCUT2D eigenvalue weighted by atomic mass is 9.80. The molecule has 0 heterocycles. The molecule has 0 saturated heterocycles. The molecule has 0 fully saturated rings. The smallest absolute Gasteiger partial charge is 0.229 e. The Hall–Kier alpha value is -1.84. The summed E-state index contributed by atoms with van der Waals surface area (Å²) in [6.07, 6.45) is 0.474. The van der Waals surface area contributed by atoms with Gasteiger partial charge in [0.15, 0.2) is 0 Å². The normalized spacial score (nSPS) is 13.3. The average molecular weight is 332 g/mol. The van der Waals surface area contributed by atoms with Gasteiger partial charge in [0.2, 0.25) is 11.8 Å². The van der Waals surface area contributed by atoms with Gasteiger partial charge in [-0.25, -0.2) is 0 Å². The van der Waals surface area contributed by atoms with E-state index in [4.69, 9.17) is 0 Å². The van der Waals surface area contributed by atoms with Gasteiger partial charge in [0.25, 0.3) is 0 Å². The molecule has 2 N–H and O–H groups in total. The third kappa shape index (κ3) is 5.99. The molecule has 1 aromatic carbocycles. The van der Waals surface area contributed by atoms with Gasteiger partial charge in [-0.05, 0) is 36.0 Å². The molecule has 4 heteroatoms.